The van der Waals surface area contributed by atoms with Crippen LogP contribution in [0.25, 0.3) is 0 Å². The molecule has 1 N–H and O–H groups in total. The van der Waals surface area contributed by atoms with Gasteiger partial charge in [-0.25, -0.2) is 5.43 Å². The molecule has 0 bridgehead atoms. The third-order valence-electron chi connectivity index (χ3n) is 4.23. The Bertz CT molecular complexity index is 609. The average molecular weight is 315 g/mol. The Kier molecular flexibility index (Phi) is 4.90. The Balaban J connectivity index is 1.57. The second-order valence-corrected chi connectivity index (χ2v) is 5.95. The van der Waals surface area contributed by atoms with E-state index in [1.165, 1.54) is 24.2 Å². The van der Waals surface area contributed by atoms with Gasteiger partial charge in [-0.3, -0.25) is 14.5 Å². The average Bonchev–Trinajstić information content (AvgIpc) is 2.58. The highest BCUT2D eigenvalue weighted by molar-refractivity contribution is 6.02. The number of hydrazone groups is 1. The van der Waals surface area contributed by atoms with Gasteiger partial charge in [0.05, 0.1) is 5.69 Å². The fourth-order valence-corrected chi connectivity index (χ4v) is 3.00. The standard InChI is InChI=1S/C17H21N3O3/c21-16(19-18-10-13-6-2-1-3-7-13)11-20-14-8-4-5-9-15(14)23-12-17(20)22/h4-5,8-10,13H,1-3,6-7,11-12H2,(H,19,21)/b18-10-. The summed E-state index contributed by atoms with van der Waals surface area (Å²) < 4.78 is 5.36. The van der Waals surface area contributed by atoms with Crippen molar-refractivity contribution in [1.82, 2.24) is 5.43 Å². The predicted molar refractivity (Wildman–Crippen MR) is 87.5 cm³/mol. The number of anilines is 1. The number of fused-ring (bicyclic) bond motifs is 1. The van der Waals surface area contributed by atoms with Crippen LogP contribution < -0.4 is 15.1 Å². The molecule has 6 heteroatoms. The molecule has 1 aliphatic heterocycles. The van der Waals surface area contributed by atoms with Gasteiger partial charge in [-0.15, -0.1) is 0 Å². The van der Waals surface area contributed by atoms with Crippen molar-refractivity contribution in [2.45, 2.75) is 32.1 Å². The van der Waals surface area contributed by atoms with Crippen molar-refractivity contribution in [2.24, 2.45) is 11.0 Å². The van der Waals surface area contributed by atoms with Crippen molar-refractivity contribution < 1.29 is 14.3 Å². The van der Waals surface area contributed by atoms with Crippen LogP contribution in [0.1, 0.15) is 32.1 Å². The maximum absolute atomic E-state index is 12.0. The molecule has 0 unspecified atom stereocenters. The largest absolute Gasteiger partial charge is 0.482 e. The van der Waals surface area contributed by atoms with E-state index in [1.54, 1.807) is 12.1 Å². The van der Waals surface area contributed by atoms with Crippen LogP contribution in [0.4, 0.5) is 5.69 Å². The lowest BCUT2D eigenvalue weighted by Gasteiger charge is -2.28. The molecule has 1 fully saturated rings. The molecule has 1 aromatic rings. The topological polar surface area (TPSA) is 71.0 Å². The molecule has 0 aromatic heterocycles. The number of para-hydroxylation sites is 2. The number of hydrogen-bond acceptors (Lipinski definition) is 4. The van der Waals surface area contributed by atoms with Gasteiger partial charge >= 0.3 is 0 Å². The summed E-state index contributed by atoms with van der Waals surface area (Å²) in [4.78, 5) is 25.5. The number of hydrogen-bond donors (Lipinski definition) is 1. The molecule has 2 aliphatic rings. The van der Waals surface area contributed by atoms with Crippen LogP contribution in [0.15, 0.2) is 29.4 Å². The molecule has 23 heavy (non-hydrogen) atoms. The first kappa shape index (κ1) is 15.5. The minimum atomic E-state index is -0.304. The fourth-order valence-electron chi connectivity index (χ4n) is 3.00. The molecule has 1 saturated carbocycles. The van der Waals surface area contributed by atoms with Gasteiger partial charge in [-0.05, 0) is 30.9 Å². The van der Waals surface area contributed by atoms with Crippen LogP contribution in [-0.2, 0) is 9.59 Å². The number of nitrogens with zero attached hydrogens (tertiary/aromatic N) is 2. The molecule has 1 aromatic carbocycles. The minimum absolute atomic E-state index is 0.0460. The van der Waals surface area contributed by atoms with Gasteiger partial charge in [0.2, 0.25) is 0 Å². The fraction of sp³-hybridized carbons (Fsp3) is 0.471. The molecule has 6 nitrogen and oxygen atoms in total. The Morgan fingerprint density at radius 1 is 1.30 bits per heavy atom. The van der Waals surface area contributed by atoms with E-state index in [1.807, 2.05) is 18.3 Å². The zero-order valence-corrected chi connectivity index (χ0v) is 13.0. The van der Waals surface area contributed by atoms with Crippen LogP contribution in [0.5, 0.6) is 5.75 Å². The summed E-state index contributed by atoms with van der Waals surface area (Å²) >= 11 is 0. The van der Waals surface area contributed by atoms with E-state index >= 15 is 0 Å². The quantitative estimate of drug-likeness (QED) is 0.683. The second kappa shape index (κ2) is 7.26. The summed E-state index contributed by atoms with van der Waals surface area (Å²) in [5.41, 5.74) is 3.14. The van der Waals surface area contributed by atoms with Gasteiger partial charge < -0.3 is 4.74 Å². The van der Waals surface area contributed by atoms with E-state index in [0.717, 1.165) is 12.8 Å². The van der Waals surface area contributed by atoms with Crippen molar-refractivity contribution in [3.63, 3.8) is 0 Å². The van der Waals surface area contributed by atoms with E-state index in [9.17, 15) is 9.59 Å². The highest BCUT2D eigenvalue weighted by Gasteiger charge is 2.26. The van der Waals surface area contributed by atoms with Gasteiger partial charge in [0.1, 0.15) is 12.3 Å². The molecular weight excluding hydrogens is 294 g/mol. The van der Waals surface area contributed by atoms with Crippen LogP contribution in [0, 0.1) is 5.92 Å². The molecule has 1 aliphatic carbocycles. The summed E-state index contributed by atoms with van der Waals surface area (Å²) in [7, 11) is 0. The number of carbonyl (C=O) groups excluding carboxylic acids is 2. The Morgan fingerprint density at radius 3 is 2.91 bits per heavy atom. The maximum atomic E-state index is 12.0. The Morgan fingerprint density at radius 2 is 2.09 bits per heavy atom. The third kappa shape index (κ3) is 3.88. The lowest BCUT2D eigenvalue weighted by atomic mass is 9.90. The maximum Gasteiger partial charge on any atom is 0.265 e. The highest BCUT2D eigenvalue weighted by atomic mass is 16.5. The zero-order valence-electron chi connectivity index (χ0n) is 13.0. The van der Waals surface area contributed by atoms with E-state index in [0.29, 0.717) is 17.4 Å². The van der Waals surface area contributed by atoms with Gasteiger partial charge in [0, 0.05) is 6.21 Å². The van der Waals surface area contributed by atoms with E-state index in [4.69, 9.17) is 4.74 Å². The van der Waals surface area contributed by atoms with Crippen molar-refractivity contribution in [1.29, 1.82) is 0 Å². The number of amides is 2. The van der Waals surface area contributed by atoms with Crippen LogP contribution in [0.2, 0.25) is 0 Å². The van der Waals surface area contributed by atoms with E-state index in [-0.39, 0.29) is 25.0 Å². The molecule has 0 saturated heterocycles. The highest BCUT2D eigenvalue weighted by Crippen LogP contribution is 2.31. The van der Waals surface area contributed by atoms with Crippen molar-refractivity contribution in [3.8, 4) is 5.75 Å². The molecular formula is C17H21N3O3. The Labute approximate surface area is 135 Å². The van der Waals surface area contributed by atoms with Crippen LogP contribution >= 0.6 is 0 Å². The lowest BCUT2D eigenvalue weighted by molar-refractivity contribution is -0.125. The van der Waals surface area contributed by atoms with Crippen molar-refractivity contribution >= 4 is 23.7 Å². The van der Waals surface area contributed by atoms with Crippen LogP contribution in [-0.4, -0.2) is 31.2 Å². The summed E-state index contributed by atoms with van der Waals surface area (Å²) in [6, 6.07) is 7.20. The van der Waals surface area contributed by atoms with Crippen LogP contribution in [0.3, 0.4) is 0 Å². The molecule has 0 spiro atoms. The number of carbonyl (C=O) groups is 2. The van der Waals surface area contributed by atoms with E-state index in [2.05, 4.69) is 10.5 Å². The molecule has 0 radical (unpaired) electrons. The molecule has 2 amide bonds. The summed E-state index contributed by atoms with van der Waals surface area (Å²) in [5.74, 6) is 0.539. The predicted octanol–water partition coefficient (Wildman–Crippen LogP) is 2.09. The monoisotopic (exact) mass is 315 g/mol. The SMILES string of the molecule is O=C(CN1C(=O)COc2ccccc21)N/N=C\C1CCCCC1. The smallest absolute Gasteiger partial charge is 0.265 e. The molecule has 3 rings (SSSR count). The first-order valence-electron chi connectivity index (χ1n) is 8.08. The lowest BCUT2D eigenvalue weighted by Crippen LogP contribution is -2.44. The van der Waals surface area contributed by atoms with Gasteiger partial charge in [-0.1, -0.05) is 31.4 Å². The second-order valence-electron chi connectivity index (χ2n) is 5.95. The number of ether oxygens (including phenoxy) is 1. The number of rotatable bonds is 4. The van der Waals surface area contributed by atoms with Crippen molar-refractivity contribution in [2.75, 3.05) is 18.1 Å². The minimum Gasteiger partial charge on any atom is -0.482 e. The third-order valence-corrected chi connectivity index (χ3v) is 4.23. The van der Waals surface area contributed by atoms with Gasteiger partial charge in [0.15, 0.2) is 6.61 Å². The molecule has 122 valence electrons. The summed E-state index contributed by atoms with van der Waals surface area (Å²) in [6.07, 6.45) is 7.83. The molecule has 1 heterocycles. The summed E-state index contributed by atoms with van der Waals surface area (Å²) in [5, 5.41) is 4.05. The first-order valence-corrected chi connectivity index (χ1v) is 8.08. The van der Waals surface area contributed by atoms with E-state index < -0.39 is 0 Å². The number of benzene rings is 1. The normalized spacial score (nSPS) is 18.6. The zero-order chi connectivity index (χ0) is 16.1. The summed E-state index contributed by atoms with van der Waals surface area (Å²) in [6.45, 7) is -0.100. The molecule has 0 atom stereocenters. The van der Waals surface area contributed by atoms with Gasteiger partial charge in [-0.2, -0.15) is 5.10 Å². The Hall–Kier alpha value is -2.37. The van der Waals surface area contributed by atoms with Crippen molar-refractivity contribution in [3.05, 3.63) is 24.3 Å². The number of nitrogens with one attached hydrogen (secondary N) is 1. The first-order chi connectivity index (χ1) is 11.2. The van der Waals surface area contributed by atoms with Gasteiger partial charge in [0.25, 0.3) is 11.8 Å².